The first kappa shape index (κ1) is 38.4. The maximum Gasteiger partial charge on any atom is 0.220 e. The largest absolute Gasteiger partial charge is 0.489 e. The summed E-state index contributed by atoms with van der Waals surface area (Å²) in [5.74, 6) is 0.490. The van der Waals surface area contributed by atoms with Crippen molar-refractivity contribution in [3.8, 4) is 34.1 Å². The molecule has 0 aliphatic carbocycles. The van der Waals surface area contributed by atoms with Crippen LogP contribution in [0.4, 0.5) is 0 Å². The van der Waals surface area contributed by atoms with Crippen LogP contribution in [-0.2, 0) is 35.8 Å². The molecule has 0 spiro atoms. The second-order valence-corrected chi connectivity index (χ2v) is 14.4. The molecule has 4 N–H and O–H groups in total. The Labute approximate surface area is 330 Å². The van der Waals surface area contributed by atoms with E-state index in [4.69, 9.17) is 21.4 Å². The number of hydrogen-bond acceptors (Lipinski definition) is 9. The number of halogens is 1. The van der Waals surface area contributed by atoms with Crippen molar-refractivity contribution in [1.82, 2.24) is 30.7 Å². The summed E-state index contributed by atoms with van der Waals surface area (Å²) in [6.45, 7) is 3.34. The van der Waals surface area contributed by atoms with E-state index in [9.17, 15) is 20.0 Å². The molecule has 0 saturated carbocycles. The van der Waals surface area contributed by atoms with Crippen molar-refractivity contribution >= 4 is 34.2 Å². The zero-order valence-electron chi connectivity index (χ0n) is 31.0. The fourth-order valence-corrected chi connectivity index (χ4v) is 7.18. The van der Waals surface area contributed by atoms with Crippen LogP contribution in [0.25, 0.3) is 33.2 Å². The number of amides is 1. The number of aromatic nitrogens is 3. The van der Waals surface area contributed by atoms with Gasteiger partial charge in [0.15, 0.2) is 0 Å². The number of hydrogen-bond donors (Lipinski definition) is 4. The minimum Gasteiger partial charge on any atom is -0.489 e. The number of nitriles is 1. The number of carbonyl (C=O) groups is 2. The van der Waals surface area contributed by atoms with E-state index in [0.29, 0.717) is 34.9 Å². The first-order chi connectivity index (χ1) is 27.3. The standard InChI is InChI=1S/C44H42ClN7O4/c1-28(54)41(26-53)49-22-35-16-40(45)36(17-43(35)56-27-31-14-30(18-46)20-47-21-31)25-52-42-7-3-6-38(39(42)24-50-52)34-5-2-4-33(15-34)32-10-8-29(9-11-32)19-48-23-37-12-13-44(55)51-37/h2-11,14-17,20-21,24,37,41,48-49,53H,12-13,19,22-23,25-27H2,1H3,(H,51,55). The van der Waals surface area contributed by atoms with E-state index >= 15 is 0 Å². The van der Waals surface area contributed by atoms with Crippen LogP contribution in [0, 0.1) is 11.3 Å². The van der Waals surface area contributed by atoms with E-state index in [1.807, 2.05) is 29.1 Å². The van der Waals surface area contributed by atoms with Crippen LogP contribution in [0.15, 0.2) is 104 Å². The molecule has 2 unspecified atom stereocenters. The molecule has 56 heavy (non-hydrogen) atoms. The summed E-state index contributed by atoms with van der Waals surface area (Å²) in [6, 6.07) is 30.2. The van der Waals surface area contributed by atoms with Gasteiger partial charge in [-0.1, -0.05) is 66.2 Å². The Hall–Kier alpha value is -5.90. The molecule has 1 aliphatic rings. The number of fused-ring (bicyclic) bond motifs is 1. The van der Waals surface area contributed by atoms with Crippen molar-refractivity contribution in [2.75, 3.05) is 13.2 Å². The van der Waals surface area contributed by atoms with Gasteiger partial charge >= 0.3 is 0 Å². The Morgan fingerprint density at radius 3 is 2.59 bits per heavy atom. The first-order valence-corrected chi connectivity index (χ1v) is 18.9. The molecular weight excluding hydrogens is 726 g/mol. The first-order valence-electron chi connectivity index (χ1n) is 18.5. The van der Waals surface area contributed by atoms with Crippen molar-refractivity contribution in [1.29, 1.82) is 5.26 Å². The number of Topliss-reactive ketones (excluding diaryl/α,β-unsaturated/α-hetero) is 1. The monoisotopic (exact) mass is 767 g/mol. The fourth-order valence-electron chi connectivity index (χ4n) is 6.93. The number of benzene rings is 4. The lowest BCUT2D eigenvalue weighted by Gasteiger charge is -2.18. The van der Waals surface area contributed by atoms with Gasteiger partial charge in [0.2, 0.25) is 5.91 Å². The van der Waals surface area contributed by atoms with Gasteiger partial charge in [-0.05, 0) is 77.1 Å². The second-order valence-electron chi connectivity index (χ2n) is 14.0. The minimum atomic E-state index is -0.726. The Balaban J connectivity index is 1.10. The Kier molecular flexibility index (Phi) is 12.1. The van der Waals surface area contributed by atoms with Gasteiger partial charge in [0, 0.05) is 66.0 Å². The average molecular weight is 768 g/mol. The maximum absolute atomic E-state index is 12.0. The molecule has 2 atom stereocenters. The van der Waals surface area contributed by atoms with Crippen LogP contribution >= 0.6 is 11.6 Å². The molecule has 6 aromatic rings. The molecule has 7 rings (SSSR count). The summed E-state index contributed by atoms with van der Waals surface area (Å²) in [5, 5.41) is 34.9. The van der Waals surface area contributed by atoms with E-state index in [1.54, 1.807) is 18.3 Å². The molecule has 1 saturated heterocycles. The number of pyridine rings is 1. The number of rotatable bonds is 16. The Morgan fingerprint density at radius 2 is 1.82 bits per heavy atom. The van der Waals surface area contributed by atoms with Gasteiger partial charge in [0.05, 0.1) is 36.5 Å². The normalized spacial score (nSPS) is 14.4. The molecule has 4 aromatic carbocycles. The highest BCUT2D eigenvalue weighted by molar-refractivity contribution is 6.31. The number of aliphatic hydroxyl groups is 1. The summed E-state index contributed by atoms with van der Waals surface area (Å²) in [4.78, 5) is 27.6. The quantitative estimate of drug-likeness (QED) is 0.0886. The molecule has 11 nitrogen and oxygen atoms in total. The number of ether oxygens (including phenoxy) is 1. The van der Waals surface area contributed by atoms with Crippen LogP contribution in [-0.4, -0.2) is 56.8 Å². The summed E-state index contributed by atoms with van der Waals surface area (Å²) in [7, 11) is 0. The Morgan fingerprint density at radius 1 is 1.00 bits per heavy atom. The van der Waals surface area contributed by atoms with Gasteiger partial charge in [-0.15, -0.1) is 0 Å². The van der Waals surface area contributed by atoms with E-state index < -0.39 is 6.04 Å². The molecule has 12 heteroatoms. The van der Waals surface area contributed by atoms with Crippen LogP contribution in [0.5, 0.6) is 5.75 Å². The third kappa shape index (κ3) is 9.13. The van der Waals surface area contributed by atoms with Gasteiger partial charge in [-0.25, -0.2) is 0 Å². The average Bonchev–Trinajstić information content (AvgIpc) is 3.84. The number of nitrogens with one attached hydrogen (secondary N) is 3. The lowest BCUT2D eigenvalue weighted by molar-refractivity contribution is -0.120. The summed E-state index contributed by atoms with van der Waals surface area (Å²) in [6.07, 6.45) is 6.51. The van der Waals surface area contributed by atoms with E-state index in [0.717, 1.165) is 63.8 Å². The maximum atomic E-state index is 12.0. The van der Waals surface area contributed by atoms with Crippen LogP contribution in [0.1, 0.15) is 47.6 Å². The van der Waals surface area contributed by atoms with Crippen LogP contribution in [0.2, 0.25) is 5.02 Å². The van der Waals surface area contributed by atoms with E-state index in [2.05, 4.69) is 81.6 Å². The Bertz CT molecular complexity index is 2410. The SMILES string of the molecule is CC(=O)C(CO)NCc1cc(Cl)c(Cn2ncc3c(-c4cccc(-c5ccc(CNCC6CCC(=O)N6)cc5)c4)cccc32)cc1OCc1cncc(C#N)c1. The molecule has 1 aliphatic heterocycles. The van der Waals surface area contributed by atoms with Gasteiger partial charge in [0.1, 0.15) is 24.2 Å². The molecular formula is C44H42ClN7O4. The third-order valence-electron chi connectivity index (χ3n) is 10.0. The van der Waals surface area contributed by atoms with Crippen molar-refractivity contribution in [2.45, 2.75) is 58.1 Å². The molecule has 284 valence electrons. The van der Waals surface area contributed by atoms with Crippen molar-refractivity contribution in [3.63, 3.8) is 0 Å². The molecule has 3 heterocycles. The highest BCUT2D eigenvalue weighted by atomic mass is 35.5. The van der Waals surface area contributed by atoms with Gasteiger partial charge < -0.3 is 25.8 Å². The predicted octanol–water partition coefficient (Wildman–Crippen LogP) is 6.33. The highest BCUT2D eigenvalue weighted by Crippen LogP contribution is 2.34. The lowest BCUT2D eigenvalue weighted by Crippen LogP contribution is -2.38. The number of carbonyl (C=O) groups excluding carboxylic acids is 2. The van der Waals surface area contributed by atoms with E-state index in [1.165, 1.54) is 18.7 Å². The predicted molar refractivity (Wildman–Crippen MR) is 216 cm³/mol. The molecule has 1 amide bonds. The minimum absolute atomic E-state index is 0.132. The zero-order valence-corrected chi connectivity index (χ0v) is 31.7. The zero-order chi connectivity index (χ0) is 39.0. The summed E-state index contributed by atoms with van der Waals surface area (Å²) < 4.78 is 8.19. The molecule has 2 aromatic heterocycles. The fraction of sp³-hybridized carbons (Fsp3) is 0.250. The van der Waals surface area contributed by atoms with Crippen LogP contribution < -0.4 is 20.7 Å². The van der Waals surface area contributed by atoms with Crippen molar-refractivity contribution < 1.29 is 19.4 Å². The summed E-state index contributed by atoms with van der Waals surface area (Å²) in [5.41, 5.74) is 9.13. The van der Waals surface area contributed by atoms with Crippen molar-refractivity contribution in [2.24, 2.45) is 0 Å². The number of nitrogens with zero attached hydrogens (tertiary/aromatic N) is 4. The topological polar surface area (TPSA) is 154 Å². The van der Waals surface area contributed by atoms with E-state index in [-0.39, 0.29) is 37.5 Å². The van der Waals surface area contributed by atoms with Gasteiger partial charge in [-0.2, -0.15) is 10.4 Å². The lowest BCUT2D eigenvalue weighted by atomic mass is 9.97. The molecule has 0 bridgehead atoms. The van der Waals surface area contributed by atoms with Crippen LogP contribution in [0.3, 0.4) is 0 Å². The highest BCUT2D eigenvalue weighted by Gasteiger charge is 2.20. The molecule has 0 radical (unpaired) electrons. The smallest absolute Gasteiger partial charge is 0.220 e. The van der Waals surface area contributed by atoms with Gasteiger partial charge in [0.25, 0.3) is 0 Å². The van der Waals surface area contributed by atoms with Crippen molar-refractivity contribution in [3.05, 3.63) is 136 Å². The number of ketones is 1. The summed E-state index contributed by atoms with van der Waals surface area (Å²) >= 11 is 6.90. The third-order valence-corrected chi connectivity index (χ3v) is 10.4. The van der Waals surface area contributed by atoms with Gasteiger partial charge in [-0.3, -0.25) is 19.3 Å². The number of aliphatic hydroxyl groups excluding tert-OH is 1. The second kappa shape index (κ2) is 17.7. The molecule has 1 fully saturated rings.